The van der Waals surface area contributed by atoms with E-state index in [1.165, 1.54) is 0 Å². The van der Waals surface area contributed by atoms with Gasteiger partial charge in [-0.15, -0.1) is 0 Å². The summed E-state index contributed by atoms with van der Waals surface area (Å²) in [6.07, 6.45) is 1.05. The van der Waals surface area contributed by atoms with Crippen molar-refractivity contribution in [3.63, 3.8) is 0 Å². The number of likely N-dealkylation sites (N-methyl/N-ethyl adjacent to an activating group) is 1. The third kappa shape index (κ3) is 6.18. The number of sulfonamides is 1. The molecule has 0 saturated carbocycles. The zero-order valence-corrected chi connectivity index (χ0v) is 20.4. The van der Waals surface area contributed by atoms with Gasteiger partial charge in [0.2, 0.25) is 10.0 Å². The zero-order chi connectivity index (χ0) is 23.3. The van der Waals surface area contributed by atoms with E-state index in [4.69, 9.17) is 0 Å². The van der Waals surface area contributed by atoms with Gasteiger partial charge < -0.3 is 9.80 Å². The van der Waals surface area contributed by atoms with Crippen molar-refractivity contribution in [2.24, 2.45) is 11.8 Å². The molecule has 1 saturated heterocycles. The minimum atomic E-state index is -3.56. The first-order valence-electron chi connectivity index (χ1n) is 11.2. The molecule has 1 aliphatic heterocycles. The second kappa shape index (κ2) is 10.6. The van der Waals surface area contributed by atoms with E-state index in [9.17, 15) is 13.2 Å². The summed E-state index contributed by atoms with van der Waals surface area (Å²) < 4.78 is 27.9. The average molecular weight is 458 g/mol. The summed E-state index contributed by atoms with van der Waals surface area (Å²) in [5, 5.41) is 0. The molecule has 0 spiro atoms. The molecule has 0 radical (unpaired) electrons. The van der Waals surface area contributed by atoms with Crippen LogP contribution in [0.15, 0.2) is 59.5 Å². The first-order valence-corrected chi connectivity index (χ1v) is 12.7. The van der Waals surface area contributed by atoms with Gasteiger partial charge in [0.25, 0.3) is 5.91 Å². The Morgan fingerprint density at radius 1 is 0.938 bits per heavy atom. The quantitative estimate of drug-likeness (QED) is 0.608. The van der Waals surface area contributed by atoms with Crippen LogP contribution in [0.4, 0.5) is 0 Å². The number of amides is 1. The lowest BCUT2D eigenvalue weighted by Gasteiger charge is -2.34. The van der Waals surface area contributed by atoms with Crippen molar-refractivity contribution in [2.75, 3.05) is 40.3 Å². The maximum atomic E-state index is 13.3. The SMILES string of the molecule is CC1CC(C)CN(S(=O)(=O)c2ccc(C(=O)N(CCN(C)C)Cc3ccccc3)cc2)C1. The number of piperidine rings is 1. The van der Waals surface area contributed by atoms with Crippen LogP contribution in [-0.2, 0) is 16.6 Å². The minimum Gasteiger partial charge on any atom is -0.333 e. The number of rotatable bonds is 8. The summed E-state index contributed by atoms with van der Waals surface area (Å²) in [4.78, 5) is 17.4. The molecule has 2 unspecified atom stereocenters. The van der Waals surface area contributed by atoms with Crippen molar-refractivity contribution in [1.82, 2.24) is 14.1 Å². The predicted octanol–water partition coefficient (Wildman–Crippen LogP) is 3.56. The van der Waals surface area contributed by atoms with Crippen molar-refractivity contribution < 1.29 is 13.2 Å². The monoisotopic (exact) mass is 457 g/mol. The van der Waals surface area contributed by atoms with Crippen LogP contribution >= 0.6 is 0 Å². The van der Waals surface area contributed by atoms with Crippen LogP contribution in [0.25, 0.3) is 0 Å². The van der Waals surface area contributed by atoms with Crippen LogP contribution in [0.5, 0.6) is 0 Å². The molecule has 7 heteroatoms. The molecular weight excluding hydrogens is 422 g/mol. The summed E-state index contributed by atoms with van der Waals surface area (Å²) in [6, 6.07) is 16.3. The Labute approximate surface area is 192 Å². The molecule has 0 N–H and O–H groups in total. The Hall–Kier alpha value is -2.22. The maximum absolute atomic E-state index is 13.3. The number of carbonyl (C=O) groups excluding carboxylic acids is 1. The number of benzene rings is 2. The third-order valence-corrected chi connectivity index (χ3v) is 7.74. The molecule has 2 aromatic rings. The zero-order valence-electron chi connectivity index (χ0n) is 19.6. The molecule has 174 valence electrons. The van der Waals surface area contributed by atoms with Crippen molar-refractivity contribution >= 4 is 15.9 Å². The second-order valence-corrected chi connectivity index (χ2v) is 11.2. The molecule has 0 aromatic heterocycles. The fourth-order valence-corrected chi connectivity index (χ4v) is 5.96. The van der Waals surface area contributed by atoms with E-state index < -0.39 is 10.0 Å². The van der Waals surface area contributed by atoms with E-state index in [0.717, 1.165) is 18.5 Å². The molecular formula is C25H35N3O3S. The fraction of sp³-hybridized carbons (Fsp3) is 0.480. The lowest BCUT2D eigenvalue weighted by atomic mass is 9.94. The largest absolute Gasteiger partial charge is 0.333 e. The first kappa shape index (κ1) is 24.4. The molecule has 0 bridgehead atoms. The Kier molecular flexibility index (Phi) is 8.09. The van der Waals surface area contributed by atoms with Gasteiger partial charge in [-0.3, -0.25) is 4.79 Å². The van der Waals surface area contributed by atoms with Crippen molar-refractivity contribution in [1.29, 1.82) is 0 Å². The molecule has 1 heterocycles. The summed E-state index contributed by atoms with van der Waals surface area (Å²) in [5.41, 5.74) is 1.56. The van der Waals surface area contributed by atoms with E-state index in [1.807, 2.05) is 54.2 Å². The Bertz CT molecular complexity index is 981. The Balaban J connectivity index is 1.78. The third-order valence-electron chi connectivity index (χ3n) is 5.90. The summed E-state index contributed by atoms with van der Waals surface area (Å²) in [5.74, 6) is 0.593. The number of hydrogen-bond donors (Lipinski definition) is 0. The normalized spacial score (nSPS) is 19.8. The average Bonchev–Trinajstić information content (AvgIpc) is 2.76. The Morgan fingerprint density at radius 2 is 1.53 bits per heavy atom. The molecule has 3 rings (SSSR count). The standard InChI is InChI=1S/C25H35N3O3S/c1-20-16-21(2)18-28(17-20)32(30,31)24-12-10-23(11-13-24)25(29)27(15-14-26(3)4)19-22-8-6-5-7-9-22/h5-13,20-21H,14-19H2,1-4H3. The van der Waals surface area contributed by atoms with Gasteiger partial charge in [0.1, 0.15) is 0 Å². The maximum Gasteiger partial charge on any atom is 0.254 e. The molecule has 2 atom stereocenters. The highest BCUT2D eigenvalue weighted by Gasteiger charge is 2.31. The van der Waals surface area contributed by atoms with Gasteiger partial charge >= 0.3 is 0 Å². The molecule has 2 aromatic carbocycles. The van der Waals surface area contributed by atoms with Crippen LogP contribution in [0.2, 0.25) is 0 Å². The van der Waals surface area contributed by atoms with E-state index in [1.54, 1.807) is 28.6 Å². The van der Waals surface area contributed by atoms with E-state index >= 15 is 0 Å². The minimum absolute atomic E-state index is 0.0973. The van der Waals surface area contributed by atoms with Crippen LogP contribution in [0.1, 0.15) is 36.2 Å². The highest BCUT2D eigenvalue weighted by Crippen LogP contribution is 2.27. The molecule has 1 amide bonds. The summed E-state index contributed by atoms with van der Waals surface area (Å²) >= 11 is 0. The van der Waals surface area contributed by atoms with Gasteiger partial charge in [-0.1, -0.05) is 44.2 Å². The highest BCUT2D eigenvalue weighted by atomic mass is 32.2. The predicted molar refractivity (Wildman–Crippen MR) is 128 cm³/mol. The number of carbonyl (C=O) groups is 1. The number of hydrogen-bond acceptors (Lipinski definition) is 4. The van der Waals surface area contributed by atoms with Gasteiger partial charge in [0.15, 0.2) is 0 Å². The molecule has 32 heavy (non-hydrogen) atoms. The smallest absolute Gasteiger partial charge is 0.254 e. The van der Waals surface area contributed by atoms with Crippen LogP contribution in [0.3, 0.4) is 0 Å². The highest BCUT2D eigenvalue weighted by molar-refractivity contribution is 7.89. The molecule has 1 aliphatic rings. The van der Waals surface area contributed by atoms with Gasteiger partial charge in [0, 0.05) is 38.3 Å². The van der Waals surface area contributed by atoms with Crippen molar-refractivity contribution in [2.45, 2.75) is 31.7 Å². The Morgan fingerprint density at radius 3 is 2.09 bits per heavy atom. The van der Waals surface area contributed by atoms with Gasteiger partial charge in [-0.25, -0.2) is 8.42 Å². The first-order chi connectivity index (χ1) is 15.2. The molecule has 6 nitrogen and oxygen atoms in total. The fourth-order valence-electron chi connectivity index (χ4n) is 4.28. The van der Waals surface area contributed by atoms with Crippen LogP contribution in [-0.4, -0.2) is 68.7 Å². The van der Waals surface area contributed by atoms with Gasteiger partial charge in [0.05, 0.1) is 4.90 Å². The van der Waals surface area contributed by atoms with Gasteiger partial charge in [-0.2, -0.15) is 4.31 Å². The van der Waals surface area contributed by atoms with Crippen LogP contribution < -0.4 is 0 Å². The van der Waals surface area contributed by atoms with Crippen LogP contribution in [0, 0.1) is 11.8 Å². The van der Waals surface area contributed by atoms with E-state index in [2.05, 4.69) is 13.8 Å². The van der Waals surface area contributed by atoms with E-state index in [0.29, 0.717) is 43.6 Å². The topological polar surface area (TPSA) is 60.9 Å². The van der Waals surface area contributed by atoms with Crippen molar-refractivity contribution in [3.8, 4) is 0 Å². The van der Waals surface area contributed by atoms with E-state index in [-0.39, 0.29) is 10.8 Å². The molecule has 0 aliphatic carbocycles. The van der Waals surface area contributed by atoms with Crippen molar-refractivity contribution in [3.05, 3.63) is 65.7 Å². The molecule has 1 fully saturated rings. The number of nitrogens with zero attached hydrogens (tertiary/aromatic N) is 3. The lowest BCUT2D eigenvalue weighted by Crippen LogP contribution is -2.42. The summed E-state index contributed by atoms with van der Waals surface area (Å²) in [7, 11) is 0.400. The van der Waals surface area contributed by atoms with Gasteiger partial charge in [-0.05, 0) is 62.2 Å². The second-order valence-electron chi connectivity index (χ2n) is 9.31. The summed E-state index contributed by atoms with van der Waals surface area (Å²) in [6.45, 7) is 7.12. The lowest BCUT2D eigenvalue weighted by molar-refractivity contribution is 0.0732.